The van der Waals surface area contributed by atoms with Gasteiger partial charge in [-0.05, 0) is 18.6 Å². The van der Waals surface area contributed by atoms with E-state index >= 15 is 0 Å². The summed E-state index contributed by atoms with van der Waals surface area (Å²) >= 11 is 5.76. The van der Waals surface area contributed by atoms with Crippen molar-refractivity contribution in [2.24, 2.45) is 0 Å². The molecule has 0 aliphatic heterocycles. The molecule has 0 spiro atoms. The molecule has 1 aromatic rings. The summed E-state index contributed by atoms with van der Waals surface area (Å²) in [6.07, 6.45) is 0. The van der Waals surface area contributed by atoms with Crippen LogP contribution in [0.1, 0.15) is 5.56 Å². The van der Waals surface area contributed by atoms with Crippen LogP contribution >= 0.6 is 11.6 Å². The lowest BCUT2D eigenvalue weighted by Gasteiger charge is -2.21. The molecule has 14 heavy (non-hydrogen) atoms. The number of rotatable bonds is 3. The van der Waals surface area contributed by atoms with Crippen LogP contribution in [0.3, 0.4) is 0 Å². The second-order valence-electron chi connectivity index (χ2n) is 3.26. The highest BCUT2D eigenvalue weighted by Gasteiger charge is 2.08. The highest BCUT2D eigenvalue weighted by atomic mass is 35.5. The van der Waals surface area contributed by atoms with Crippen molar-refractivity contribution >= 4 is 17.3 Å². The summed E-state index contributed by atoms with van der Waals surface area (Å²) in [5.74, 6) is 0. The minimum Gasteiger partial charge on any atom is -0.372 e. The summed E-state index contributed by atoms with van der Waals surface area (Å²) in [4.78, 5) is 2.00. The summed E-state index contributed by atoms with van der Waals surface area (Å²) in [5, 5.41) is 8.13. The van der Waals surface area contributed by atoms with Gasteiger partial charge < -0.3 is 4.90 Å². The van der Waals surface area contributed by atoms with Gasteiger partial charge in [-0.25, -0.2) is 0 Å². The monoisotopic (exact) mass is 208 g/mol. The third-order valence-electron chi connectivity index (χ3n) is 2.10. The molecule has 0 aliphatic carbocycles. The zero-order valence-corrected chi connectivity index (χ0v) is 9.12. The van der Waals surface area contributed by atoms with E-state index in [4.69, 9.17) is 16.9 Å². The van der Waals surface area contributed by atoms with Crippen molar-refractivity contribution < 1.29 is 0 Å². The molecule has 1 atom stereocenters. The maximum absolute atomic E-state index is 8.59. The van der Waals surface area contributed by atoms with Crippen molar-refractivity contribution in [3.8, 4) is 6.07 Å². The molecule has 3 heteroatoms. The Morgan fingerprint density at radius 3 is 2.71 bits per heavy atom. The van der Waals surface area contributed by atoms with Crippen molar-refractivity contribution in [2.75, 3.05) is 18.5 Å². The molecule has 0 saturated carbocycles. The van der Waals surface area contributed by atoms with Crippen LogP contribution in [0.25, 0.3) is 0 Å². The van der Waals surface area contributed by atoms with Gasteiger partial charge >= 0.3 is 0 Å². The van der Waals surface area contributed by atoms with Crippen LogP contribution in [0.4, 0.5) is 5.69 Å². The number of benzene rings is 1. The zero-order chi connectivity index (χ0) is 10.6. The Balaban J connectivity index is 2.75. The summed E-state index contributed by atoms with van der Waals surface area (Å²) < 4.78 is 0. The summed E-state index contributed by atoms with van der Waals surface area (Å²) in [5.41, 5.74) is 2.31. The number of aryl methyl sites for hydroxylation is 1. The molecule has 0 radical (unpaired) electrons. The van der Waals surface area contributed by atoms with Gasteiger partial charge in [0, 0.05) is 19.3 Å². The van der Waals surface area contributed by atoms with E-state index in [0.29, 0.717) is 6.54 Å². The van der Waals surface area contributed by atoms with Gasteiger partial charge in [0.1, 0.15) is 5.38 Å². The van der Waals surface area contributed by atoms with Gasteiger partial charge in [0.25, 0.3) is 0 Å². The van der Waals surface area contributed by atoms with E-state index in [9.17, 15) is 0 Å². The third-order valence-corrected chi connectivity index (χ3v) is 2.34. The summed E-state index contributed by atoms with van der Waals surface area (Å²) in [6, 6.07) is 10.1. The SMILES string of the molecule is Cc1ccccc1N(C)CC(Cl)C#N. The maximum atomic E-state index is 8.59. The molecule has 0 bridgehead atoms. The number of hydrogen-bond donors (Lipinski definition) is 0. The molecule has 1 unspecified atom stereocenters. The molecule has 2 nitrogen and oxygen atoms in total. The van der Waals surface area contributed by atoms with Crippen molar-refractivity contribution in [3.63, 3.8) is 0 Å². The van der Waals surface area contributed by atoms with E-state index in [-0.39, 0.29) is 0 Å². The first kappa shape index (κ1) is 10.9. The molecule has 0 N–H and O–H groups in total. The van der Waals surface area contributed by atoms with Gasteiger partial charge in [-0.1, -0.05) is 18.2 Å². The number of nitriles is 1. The first-order chi connectivity index (χ1) is 6.65. The Morgan fingerprint density at radius 2 is 2.14 bits per heavy atom. The minimum absolute atomic E-state index is 0.459. The van der Waals surface area contributed by atoms with Gasteiger partial charge in [0.05, 0.1) is 6.07 Å². The van der Waals surface area contributed by atoms with E-state index in [2.05, 4.69) is 0 Å². The lowest BCUT2D eigenvalue weighted by molar-refractivity contribution is 0.906. The molecule has 0 aromatic heterocycles. The average molecular weight is 209 g/mol. The lowest BCUT2D eigenvalue weighted by atomic mass is 10.2. The highest BCUT2D eigenvalue weighted by Crippen LogP contribution is 2.18. The van der Waals surface area contributed by atoms with Crippen LogP contribution in [0, 0.1) is 18.3 Å². The Bertz CT molecular complexity index is 343. The predicted octanol–water partition coefficient (Wildman–Crippen LogP) is 2.56. The number of anilines is 1. The third kappa shape index (κ3) is 2.65. The van der Waals surface area contributed by atoms with Crippen molar-refractivity contribution in [2.45, 2.75) is 12.3 Å². The Morgan fingerprint density at radius 1 is 1.50 bits per heavy atom. The molecule has 0 heterocycles. The second-order valence-corrected chi connectivity index (χ2v) is 3.79. The van der Waals surface area contributed by atoms with Gasteiger partial charge in [-0.2, -0.15) is 5.26 Å². The van der Waals surface area contributed by atoms with Crippen LogP contribution in [-0.2, 0) is 0 Å². The van der Waals surface area contributed by atoms with Gasteiger partial charge in [-0.15, -0.1) is 11.6 Å². The molecule has 0 saturated heterocycles. The van der Waals surface area contributed by atoms with Crippen molar-refractivity contribution in [3.05, 3.63) is 29.8 Å². The van der Waals surface area contributed by atoms with Crippen molar-refractivity contribution in [1.82, 2.24) is 0 Å². The number of para-hydroxylation sites is 1. The summed E-state index contributed by atoms with van der Waals surface area (Å²) in [6.45, 7) is 2.59. The summed E-state index contributed by atoms with van der Waals surface area (Å²) in [7, 11) is 1.94. The van der Waals surface area contributed by atoms with Gasteiger partial charge in [0.15, 0.2) is 0 Å². The van der Waals surface area contributed by atoms with E-state index in [0.717, 1.165) is 5.69 Å². The Hall–Kier alpha value is -1.20. The van der Waals surface area contributed by atoms with E-state index in [1.165, 1.54) is 5.56 Å². The largest absolute Gasteiger partial charge is 0.372 e. The van der Waals surface area contributed by atoms with Gasteiger partial charge in [0.2, 0.25) is 0 Å². The smallest absolute Gasteiger partial charge is 0.137 e. The van der Waals surface area contributed by atoms with E-state index in [1.54, 1.807) is 0 Å². The number of halogens is 1. The number of hydrogen-bond acceptors (Lipinski definition) is 2. The number of nitrogens with zero attached hydrogens (tertiary/aromatic N) is 2. The number of alkyl halides is 1. The molecule has 0 aliphatic rings. The lowest BCUT2D eigenvalue weighted by Crippen LogP contribution is -2.25. The molecular weight excluding hydrogens is 196 g/mol. The predicted molar refractivity (Wildman–Crippen MR) is 59.7 cm³/mol. The minimum atomic E-state index is -0.459. The van der Waals surface area contributed by atoms with Crippen LogP contribution in [0.15, 0.2) is 24.3 Å². The Labute approximate surface area is 89.7 Å². The first-order valence-corrected chi connectivity index (χ1v) is 4.89. The molecule has 0 fully saturated rings. The molecule has 1 rings (SSSR count). The quantitative estimate of drug-likeness (QED) is 0.714. The molecule has 0 amide bonds. The topological polar surface area (TPSA) is 27.0 Å². The molecular formula is C11H13ClN2. The first-order valence-electron chi connectivity index (χ1n) is 4.45. The van der Waals surface area contributed by atoms with Crippen LogP contribution < -0.4 is 4.90 Å². The molecule has 1 aromatic carbocycles. The standard InChI is InChI=1S/C11H13ClN2/c1-9-5-3-4-6-11(9)14(2)8-10(12)7-13/h3-6,10H,8H2,1-2H3. The van der Waals surface area contributed by atoms with E-state index < -0.39 is 5.38 Å². The van der Waals surface area contributed by atoms with Crippen molar-refractivity contribution in [1.29, 1.82) is 5.26 Å². The normalized spacial score (nSPS) is 11.9. The molecule has 74 valence electrons. The Kier molecular flexibility index (Phi) is 3.79. The maximum Gasteiger partial charge on any atom is 0.137 e. The van der Waals surface area contributed by atoms with E-state index in [1.807, 2.05) is 49.2 Å². The van der Waals surface area contributed by atoms with Crippen LogP contribution in [0.5, 0.6) is 0 Å². The average Bonchev–Trinajstić information content (AvgIpc) is 2.18. The second kappa shape index (κ2) is 4.88. The van der Waals surface area contributed by atoms with Crippen LogP contribution in [-0.4, -0.2) is 19.0 Å². The zero-order valence-electron chi connectivity index (χ0n) is 8.37. The fraction of sp³-hybridized carbons (Fsp3) is 0.364. The van der Waals surface area contributed by atoms with Crippen LogP contribution in [0.2, 0.25) is 0 Å². The fourth-order valence-corrected chi connectivity index (χ4v) is 1.58. The highest BCUT2D eigenvalue weighted by molar-refractivity contribution is 6.22. The fourth-order valence-electron chi connectivity index (χ4n) is 1.37. The van der Waals surface area contributed by atoms with Gasteiger partial charge in [-0.3, -0.25) is 0 Å².